The monoisotopic (exact) mass is 389 g/mol. The summed E-state index contributed by atoms with van der Waals surface area (Å²) in [5.74, 6) is -0.170. The molecule has 0 radical (unpaired) electrons. The third-order valence-electron chi connectivity index (χ3n) is 5.09. The number of nitrogens with one attached hydrogen (secondary N) is 2. The molecule has 0 unspecified atom stereocenters. The van der Waals surface area contributed by atoms with Crippen molar-refractivity contribution >= 4 is 11.6 Å². The first-order valence-electron chi connectivity index (χ1n) is 9.83. The van der Waals surface area contributed by atoms with E-state index < -0.39 is 0 Å². The molecule has 2 N–H and O–H groups in total. The number of nitrogens with zero attached hydrogens (tertiary/aromatic N) is 3. The van der Waals surface area contributed by atoms with Crippen LogP contribution in [0.25, 0.3) is 11.1 Å². The van der Waals surface area contributed by atoms with E-state index >= 15 is 0 Å². The highest BCUT2D eigenvalue weighted by molar-refractivity contribution is 5.96. The van der Waals surface area contributed by atoms with Gasteiger partial charge in [-0.1, -0.05) is 18.2 Å². The number of aromatic amines is 1. The van der Waals surface area contributed by atoms with Gasteiger partial charge in [0, 0.05) is 43.5 Å². The van der Waals surface area contributed by atoms with E-state index in [0.717, 1.165) is 37.3 Å². The average Bonchev–Trinajstić information content (AvgIpc) is 3.29. The number of H-pyrrole nitrogens is 1. The van der Waals surface area contributed by atoms with Gasteiger partial charge in [0.2, 0.25) is 0 Å². The van der Waals surface area contributed by atoms with Crippen LogP contribution in [0.5, 0.6) is 0 Å². The van der Waals surface area contributed by atoms with E-state index in [2.05, 4.69) is 25.4 Å². The summed E-state index contributed by atoms with van der Waals surface area (Å²) < 4.78 is 0. The lowest BCUT2D eigenvalue weighted by Crippen LogP contribution is -2.26. The van der Waals surface area contributed by atoms with Crippen LogP contribution >= 0.6 is 0 Å². The maximum atomic E-state index is 12.6. The van der Waals surface area contributed by atoms with Crippen molar-refractivity contribution in [3.05, 3.63) is 76.5 Å². The number of amides is 1. The topological polar surface area (TPSA) is 91.0 Å². The number of carbonyl (C=O) groups is 1. The Morgan fingerprint density at radius 3 is 2.79 bits per heavy atom. The minimum Gasteiger partial charge on any atom is -0.370 e. The Bertz CT molecular complexity index is 1040. The predicted molar refractivity (Wildman–Crippen MR) is 112 cm³/mol. The molecule has 0 aliphatic carbocycles. The van der Waals surface area contributed by atoms with Crippen molar-refractivity contribution in [3.63, 3.8) is 0 Å². The number of carbonyl (C=O) groups excluding carboxylic acids is 1. The molecule has 0 atom stereocenters. The summed E-state index contributed by atoms with van der Waals surface area (Å²) in [5.41, 5.74) is 3.30. The molecule has 1 saturated heterocycles. The fourth-order valence-corrected chi connectivity index (χ4v) is 3.63. The number of aromatic nitrogens is 3. The maximum Gasteiger partial charge on any atom is 0.274 e. The number of rotatable bonds is 6. The molecule has 7 heteroatoms. The first-order chi connectivity index (χ1) is 14.2. The van der Waals surface area contributed by atoms with Crippen molar-refractivity contribution < 1.29 is 4.79 Å². The van der Waals surface area contributed by atoms with Crippen LogP contribution in [-0.4, -0.2) is 40.7 Å². The Kier molecular flexibility index (Phi) is 5.65. The summed E-state index contributed by atoms with van der Waals surface area (Å²) in [7, 11) is 0. The molecule has 29 heavy (non-hydrogen) atoms. The van der Waals surface area contributed by atoms with Gasteiger partial charge in [-0.3, -0.25) is 14.6 Å². The molecule has 148 valence electrons. The molecule has 3 aromatic rings. The van der Waals surface area contributed by atoms with E-state index in [0.29, 0.717) is 29.7 Å². The second-order valence-electron chi connectivity index (χ2n) is 7.06. The normalized spacial score (nSPS) is 13.4. The van der Waals surface area contributed by atoms with Crippen molar-refractivity contribution in [1.29, 1.82) is 0 Å². The molecular weight excluding hydrogens is 366 g/mol. The smallest absolute Gasteiger partial charge is 0.274 e. The second-order valence-corrected chi connectivity index (χ2v) is 7.06. The molecule has 3 heterocycles. The first kappa shape index (κ1) is 18.9. The Labute approximate surface area is 168 Å². The van der Waals surface area contributed by atoms with E-state index in [4.69, 9.17) is 0 Å². The highest BCUT2D eigenvalue weighted by atomic mass is 16.1. The van der Waals surface area contributed by atoms with Crippen LogP contribution in [0.3, 0.4) is 0 Å². The van der Waals surface area contributed by atoms with Crippen LogP contribution in [-0.2, 0) is 6.42 Å². The van der Waals surface area contributed by atoms with Crippen LogP contribution in [0.1, 0.15) is 28.9 Å². The lowest BCUT2D eigenvalue weighted by Gasteiger charge is -2.20. The van der Waals surface area contributed by atoms with Gasteiger partial charge in [-0.2, -0.15) is 5.10 Å². The number of hydrogen-bond acceptors (Lipinski definition) is 5. The van der Waals surface area contributed by atoms with Gasteiger partial charge in [-0.15, -0.1) is 0 Å². The average molecular weight is 389 g/mol. The van der Waals surface area contributed by atoms with Crippen molar-refractivity contribution in [1.82, 2.24) is 20.5 Å². The van der Waals surface area contributed by atoms with Gasteiger partial charge in [0.15, 0.2) is 0 Å². The Morgan fingerprint density at radius 2 is 2.00 bits per heavy atom. The number of benzene rings is 1. The molecule has 1 aliphatic rings. The van der Waals surface area contributed by atoms with Crippen molar-refractivity contribution in [3.8, 4) is 11.1 Å². The number of hydrogen-bond donors (Lipinski definition) is 2. The van der Waals surface area contributed by atoms with Gasteiger partial charge in [0.05, 0.1) is 17.4 Å². The van der Waals surface area contributed by atoms with E-state index in [1.54, 1.807) is 30.6 Å². The summed E-state index contributed by atoms with van der Waals surface area (Å²) in [6, 6.07) is 12.9. The Balaban J connectivity index is 1.53. The molecule has 1 amide bonds. The minimum atomic E-state index is -0.248. The molecule has 0 bridgehead atoms. The largest absolute Gasteiger partial charge is 0.370 e. The zero-order valence-corrected chi connectivity index (χ0v) is 16.1. The van der Waals surface area contributed by atoms with Gasteiger partial charge < -0.3 is 10.2 Å². The van der Waals surface area contributed by atoms with Gasteiger partial charge in [-0.25, -0.2) is 5.10 Å². The fraction of sp³-hybridized carbons (Fsp3) is 0.273. The summed E-state index contributed by atoms with van der Waals surface area (Å²) >= 11 is 0. The van der Waals surface area contributed by atoms with Gasteiger partial charge in [-0.05, 0) is 42.7 Å². The van der Waals surface area contributed by atoms with Gasteiger partial charge >= 0.3 is 0 Å². The molecule has 1 fully saturated rings. The highest BCUT2D eigenvalue weighted by Gasteiger charge is 2.20. The van der Waals surface area contributed by atoms with Crippen LogP contribution in [0.4, 0.5) is 5.69 Å². The molecular formula is C22H23N5O2. The van der Waals surface area contributed by atoms with E-state index in [-0.39, 0.29) is 11.5 Å². The molecule has 7 nitrogen and oxygen atoms in total. The van der Waals surface area contributed by atoms with Crippen molar-refractivity contribution in [2.75, 3.05) is 24.5 Å². The third kappa shape index (κ3) is 4.34. The molecule has 0 saturated carbocycles. The molecule has 1 aliphatic heterocycles. The van der Waals surface area contributed by atoms with Crippen LogP contribution < -0.4 is 15.8 Å². The van der Waals surface area contributed by atoms with Crippen molar-refractivity contribution in [2.24, 2.45) is 0 Å². The highest BCUT2D eigenvalue weighted by Crippen LogP contribution is 2.29. The van der Waals surface area contributed by atoms with Crippen LogP contribution in [0.15, 0.2) is 59.7 Å². The van der Waals surface area contributed by atoms with Crippen LogP contribution in [0.2, 0.25) is 0 Å². The zero-order valence-electron chi connectivity index (χ0n) is 16.1. The predicted octanol–water partition coefficient (Wildman–Crippen LogP) is 2.40. The van der Waals surface area contributed by atoms with Gasteiger partial charge in [0.1, 0.15) is 0 Å². The SMILES string of the molecule is O=C(NCCc1ccccn1)c1cccc(-c2c(N3CCCC3)cn[nH]c2=O)c1. The molecule has 2 aromatic heterocycles. The molecule has 4 rings (SSSR count). The van der Waals surface area contributed by atoms with Gasteiger partial charge in [0.25, 0.3) is 11.5 Å². The second kappa shape index (κ2) is 8.68. The van der Waals surface area contributed by atoms with E-state index in [1.807, 2.05) is 24.3 Å². The quantitative estimate of drug-likeness (QED) is 0.676. The van der Waals surface area contributed by atoms with E-state index in [9.17, 15) is 9.59 Å². The minimum absolute atomic E-state index is 0.170. The number of pyridine rings is 1. The summed E-state index contributed by atoms with van der Waals surface area (Å²) in [5, 5.41) is 9.42. The Hall–Kier alpha value is -3.48. The zero-order chi connectivity index (χ0) is 20.1. The van der Waals surface area contributed by atoms with E-state index in [1.165, 1.54) is 0 Å². The standard InChI is InChI=1S/C22H23N5O2/c28-21(24-11-9-18-8-1-2-10-23-18)17-7-5-6-16(14-17)20-19(15-25-26-22(20)29)27-12-3-4-13-27/h1-2,5-8,10,14-15H,3-4,9,11-13H2,(H,24,28)(H,26,29). The molecule has 1 aromatic carbocycles. The lowest BCUT2D eigenvalue weighted by atomic mass is 10.0. The third-order valence-corrected chi connectivity index (χ3v) is 5.09. The summed E-state index contributed by atoms with van der Waals surface area (Å²) in [6.45, 7) is 2.31. The lowest BCUT2D eigenvalue weighted by molar-refractivity contribution is 0.0954. The molecule has 0 spiro atoms. The van der Waals surface area contributed by atoms with Crippen LogP contribution in [0, 0.1) is 0 Å². The first-order valence-corrected chi connectivity index (χ1v) is 9.83. The van der Waals surface area contributed by atoms with Crippen molar-refractivity contribution in [2.45, 2.75) is 19.3 Å². The maximum absolute atomic E-state index is 12.6. The Morgan fingerprint density at radius 1 is 1.14 bits per heavy atom. The summed E-state index contributed by atoms with van der Waals surface area (Å²) in [6.07, 6.45) is 6.30. The summed E-state index contributed by atoms with van der Waals surface area (Å²) in [4.78, 5) is 31.6. The fourth-order valence-electron chi connectivity index (χ4n) is 3.63. The number of anilines is 1.